The lowest BCUT2D eigenvalue weighted by Crippen LogP contribution is -2.39. The van der Waals surface area contributed by atoms with E-state index in [1.807, 2.05) is 41.3 Å². The number of carbonyl (C=O) groups excluding carboxylic acids is 1. The van der Waals surface area contributed by atoms with Gasteiger partial charge in [-0.3, -0.25) is 9.48 Å². The Bertz CT molecular complexity index is 1310. The van der Waals surface area contributed by atoms with Gasteiger partial charge >= 0.3 is 0 Å². The number of rotatable bonds is 4. The summed E-state index contributed by atoms with van der Waals surface area (Å²) >= 11 is 0. The molecular weight excluding hydrogens is 426 g/mol. The molecule has 6 heteroatoms. The Morgan fingerprint density at radius 2 is 1.47 bits per heavy atom. The Morgan fingerprint density at radius 1 is 0.794 bits per heavy atom. The highest BCUT2D eigenvalue weighted by Gasteiger charge is 2.28. The highest BCUT2D eigenvalue weighted by Crippen LogP contribution is 2.35. The summed E-state index contributed by atoms with van der Waals surface area (Å²) in [7, 11) is 0. The molecule has 2 aliphatic heterocycles. The summed E-state index contributed by atoms with van der Waals surface area (Å²) in [6, 6.07) is 28.5. The van der Waals surface area contributed by atoms with Crippen LogP contribution in [0.5, 0.6) is 11.5 Å². The molecule has 1 amide bonds. The zero-order valence-electron chi connectivity index (χ0n) is 18.8. The van der Waals surface area contributed by atoms with Crippen molar-refractivity contribution in [2.24, 2.45) is 0 Å². The van der Waals surface area contributed by atoms with Crippen molar-refractivity contribution in [2.75, 3.05) is 19.9 Å². The van der Waals surface area contributed by atoms with Gasteiger partial charge in [-0.25, -0.2) is 0 Å². The van der Waals surface area contributed by atoms with Crippen molar-refractivity contribution < 1.29 is 14.3 Å². The first-order valence-corrected chi connectivity index (χ1v) is 11.7. The number of carbonyl (C=O) groups is 1. The van der Waals surface area contributed by atoms with Crippen molar-refractivity contribution in [3.8, 4) is 34.0 Å². The number of likely N-dealkylation sites (tertiary alicyclic amines) is 1. The number of hydrogen-bond acceptors (Lipinski definition) is 4. The maximum atomic E-state index is 13.1. The average molecular weight is 452 g/mol. The Labute approximate surface area is 198 Å². The maximum Gasteiger partial charge on any atom is 0.253 e. The van der Waals surface area contributed by atoms with Gasteiger partial charge in [0.25, 0.3) is 5.91 Å². The number of amides is 1. The Morgan fingerprint density at radius 3 is 2.21 bits per heavy atom. The van der Waals surface area contributed by atoms with E-state index in [1.54, 1.807) is 6.07 Å². The van der Waals surface area contributed by atoms with Gasteiger partial charge in [0.2, 0.25) is 6.79 Å². The van der Waals surface area contributed by atoms with E-state index >= 15 is 0 Å². The van der Waals surface area contributed by atoms with Gasteiger partial charge in [0, 0.05) is 24.2 Å². The van der Waals surface area contributed by atoms with Gasteiger partial charge in [-0.05, 0) is 42.7 Å². The number of benzene rings is 3. The highest BCUT2D eigenvalue weighted by molar-refractivity contribution is 5.95. The summed E-state index contributed by atoms with van der Waals surface area (Å²) < 4.78 is 13.0. The van der Waals surface area contributed by atoms with Crippen LogP contribution in [0.25, 0.3) is 22.5 Å². The van der Waals surface area contributed by atoms with Crippen molar-refractivity contribution in [2.45, 2.75) is 18.9 Å². The number of nitrogens with zero attached hydrogens (tertiary/aromatic N) is 3. The molecule has 6 rings (SSSR count). The molecule has 3 aromatic carbocycles. The van der Waals surface area contributed by atoms with Crippen molar-refractivity contribution in [3.05, 3.63) is 90.5 Å². The van der Waals surface area contributed by atoms with Gasteiger partial charge in [-0.1, -0.05) is 60.7 Å². The summed E-state index contributed by atoms with van der Waals surface area (Å²) in [4.78, 5) is 15.1. The van der Waals surface area contributed by atoms with E-state index in [2.05, 4.69) is 47.1 Å². The highest BCUT2D eigenvalue weighted by atomic mass is 16.7. The van der Waals surface area contributed by atoms with Gasteiger partial charge in [0.05, 0.1) is 17.4 Å². The van der Waals surface area contributed by atoms with Crippen LogP contribution in [0.3, 0.4) is 0 Å². The van der Waals surface area contributed by atoms with Crippen molar-refractivity contribution in [1.82, 2.24) is 14.7 Å². The predicted molar refractivity (Wildman–Crippen MR) is 130 cm³/mol. The molecule has 0 unspecified atom stereocenters. The Hall–Kier alpha value is -4.06. The smallest absolute Gasteiger partial charge is 0.253 e. The first kappa shape index (κ1) is 20.5. The van der Waals surface area contributed by atoms with Crippen LogP contribution >= 0.6 is 0 Å². The normalized spacial score (nSPS) is 15.5. The minimum atomic E-state index is 0.0328. The first-order chi connectivity index (χ1) is 16.8. The molecule has 0 radical (unpaired) electrons. The van der Waals surface area contributed by atoms with Crippen LogP contribution in [-0.4, -0.2) is 40.5 Å². The topological polar surface area (TPSA) is 56.6 Å². The minimum absolute atomic E-state index is 0.0328. The van der Waals surface area contributed by atoms with Gasteiger partial charge in [-0.15, -0.1) is 0 Å². The average Bonchev–Trinajstić information content (AvgIpc) is 3.57. The van der Waals surface area contributed by atoms with E-state index in [-0.39, 0.29) is 18.7 Å². The van der Waals surface area contributed by atoms with Crippen LogP contribution < -0.4 is 9.47 Å². The second-order valence-electron chi connectivity index (χ2n) is 8.68. The third-order valence-electron chi connectivity index (χ3n) is 6.59. The molecule has 3 heterocycles. The van der Waals surface area contributed by atoms with Gasteiger partial charge in [0.1, 0.15) is 0 Å². The summed E-state index contributed by atoms with van der Waals surface area (Å²) in [5.41, 5.74) is 4.97. The second kappa shape index (κ2) is 8.71. The first-order valence-electron chi connectivity index (χ1n) is 11.7. The van der Waals surface area contributed by atoms with Crippen molar-refractivity contribution in [1.29, 1.82) is 0 Å². The van der Waals surface area contributed by atoms with Crippen molar-refractivity contribution in [3.63, 3.8) is 0 Å². The summed E-state index contributed by atoms with van der Waals surface area (Å²) in [5, 5.41) is 5.03. The molecule has 4 aromatic rings. The van der Waals surface area contributed by atoms with E-state index in [0.29, 0.717) is 30.2 Å². The fourth-order valence-electron chi connectivity index (χ4n) is 4.77. The van der Waals surface area contributed by atoms with Crippen molar-refractivity contribution >= 4 is 5.91 Å². The number of piperidine rings is 1. The lowest BCUT2D eigenvalue weighted by molar-refractivity contribution is 0.0690. The van der Waals surface area contributed by atoms with Gasteiger partial charge in [-0.2, -0.15) is 5.10 Å². The fourth-order valence-corrected chi connectivity index (χ4v) is 4.77. The molecule has 1 aromatic heterocycles. The van der Waals surface area contributed by atoms with Crippen LogP contribution in [0.4, 0.5) is 0 Å². The van der Waals surface area contributed by atoms with Crippen LogP contribution in [-0.2, 0) is 0 Å². The molecule has 0 aliphatic carbocycles. The monoisotopic (exact) mass is 451 g/mol. The predicted octanol–water partition coefficient (Wildman–Crippen LogP) is 5.42. The zero-order chi connectivity index (χ0) is 22.9. The number of hydrogen-bond donors (Lipinski definition) is 0. The largest absolute Gasteiger partial charge is 0.454 e. The van der Waals surface area contributed by atoms with E-state index in [1.165, 1.54) is 0 Å². The second-order valence-corrected chi connectivity index (χ2v) is 8.68. The standard InChI is InChI=1S/C28H25N3O3/c32-28(22-11-12-26-27(17-22)34-19-33-26)30-15-13-23(14-16-30)31-25(21-9-5-2-6-10-21)18-24(29-31)20-7-3-1-4-8-20/h1-12,17-18,23H,13-16,19H2. The van der Waals surface area contributed by atoms with Gasteiger partial charge in [0.15, 0.2) is 11.5 Å². The van der Waals surface area contributed by atoms with Crippen LogP contribution in [0.15, 0.2) is 84.9 Å². The van der Waals surface area contributed by atoms with E-state index in [4.69, 9.17) is 14.6 Å². The number of ether oxygens (including phenoxy) is 2. The lowest BCUT2D eigenvalue weighted by atomic mass is 10.0. The van der Waals surface area contributed by atoms with E-state index in [0.717, 1.165) is 35.4 Å². The molecule has 0 N–H and O–H groups in total. The Kier molecular flexibility index (Phi) is 5.26. The molecule has 0 saturated carbocycles. The summed E-state index contributed by atoms with van der Waals surface area (Å²) in [6.45, 7) is 1.58. The van der Waals surface area contributed by atoms with Crippen LogP contribution in [0.1, 0.15) is 29.2 Å². The molecule has 1 saturated heterocycles. The van der Waals surface area contributed by atoms with E-state index in [9.17, 15) is 4.79 Å². The molecule has 6 nitrogen and oxygen atoms in total. The molecule has 2 aliphatic rings. The van der Waals surface area contributed by atoms with Crippen LogP contribution in [0, 0.1) is 0 Å². The molecule has 0 spiro atoms. The third kappa shape index (κ3) is 3.81. The zero-order valence-corrected chi connectivity index (χ0v) is 18.8. The lowest BCUT2D eigenvalue weighted by Gasteiger charge is -2.33. The quantitative estimate of drug-likeness (QED) is 0.416. The summed E-state index contributed by atoms with van der Waals surface area (Å²) in [5.74, 6) is 1.36. The Balaban J connectivity index is 1.24. The molecule has 34 heavy (non-hydrogen) atoms. The molecule has 0 atom stereocenters. The van der Waals surface area contributed by atoms with Crippen LogP contribution in [0.2, 0.25) is 0 Å². The minimum Gasteiger partial charge on any atom is -0.454 e. The number of aromatic nitrogens is 2. The molecule has 1 fully saturated rings. The SMILES string of the molecule is O=C(c1ccc2c(c1)OCO2)N1CCC(n2nc(-c3ccccc3)cc2-c2ccccc2)CC1. The third-order valence-corrected chi connectivity index (χ3v) is 6.59. The fraction of sp³-hybridized carbons (Fsp3) is 0.214. The molecular formula is C28H25N3O3. The summed E-state index contributed by atoms with van der Waals surface area (Å²) in [6.07, 6.45) is 1.71. The maximum absolute atomic E-state index is 13.1. The van der Waals surface area contributed by atoms with E-state index < -0.39 is 0 Å². The molecule has 0 bridgehead atoms. The van der Waals surface area contributed by atoms with Gasteiger partial charge < -0.3 is 14.4 Å². The molecule has 170 valence electrons. The number of fused-ring (bicyclic) bond motifs is 1.